The SMILES string of the molecule is COCCc1ccccc1NC(=O)NC[C@@H]1CCOc2ccccc21. The molecule has 0 saturated heterocycles. The molecule has 2 amide bonds. The number of methoxy groups -OCH3 is 1. The highest BCUT2D eigenvalue weighted by Crippen LogP contribution is 2.32. The van der Waals surface area contributed by atoms with Crippen LogP contribution >= 0.6 is 0 Å². The molecular weight excluding hydrogens is 316 g/mol. The Balaban J connectivity index is 1.58. The third-order valence-corrected chi connectivity index (χ3v) is 4.43. The number of rotatable bonds is 6. The Morgan fingerprint density at radius 1 is 1.20 bits per heavy atom. The summed E-state index contributed by atoms with van der Waals surface area (Å²) in [5.41, 5.74) is 3.05. The van der Waals surface area contributed by atoms with Crippen molar-refractivity contribution >= 4 is 11.7 Å². The minimum Gasteiger partial charge on any atom is -0.493 e. The lowest BCUT2D eigenvalue weighted by molar-refractivity contribution is 0.202. The third-order valence-electron chi connectivity index (χ3n) is 4.43. The van der Waals surface area contributed by atoms with E-state index in [2.05, 4.69) is 16.7 Å². The van der Waals surface area contributed by atoms with E-state index in [1.165, 1.54) is 0 Å². The van der Waals surface area contributed by atoms with E-state index in [0.717, 1.165) is 35.4 Å². The lowest BCUT2D eigenvalue weighted by Gasteiger charge is -2.26. The van der Waals surface area contributed by atoms with Crippen LogP contribution in [-0.2, 0) is 11.2 Å². The lowest BCUT2D eigenvalue weighted by atomic mass is 9.93. The highest BCUT2D eigenvalue weighted by Gasteiger charge is 2.21. The molecule has 132 valence electrons. The first kappa shape index (κ1) is 17.3. The van der Waals surface area contributed by atoms with Crippen molar-refractivity contribution < 1.29 is 14.3 Å². The quantitative estimate of drug-likeness (QED) is 0.845. The van der Waals surface area contributed by atoms with Gasteiger partial charge in [0.2, 0.25) is 0 Å². The van der Waals surface area contributed by atoms with Gasteiger partial charge >= 0.3 is 6.03 Å². The van der Waals surface area contributed by atoms with Gasteiger partial charge in [0.25, 0.3) is 0 Å². The van der Waals surface area contributed by atoms with Gasteiger partial charge < -0.3 is 20.1 Å². The maximum atomic E-state index is 12.3. The zero-order valence-corrected chi connectivity index (χ0v) is 14.5. The van der Waals surface area contributed by atoms with Gasteiger partial charge in [-0.1, -0.05) is 36.4 Å². The zero-order chi connectivity index (χ0) is 17.5. The van der Waals surface area contributed by atoms with Gasteiger partial charge in [-0.05, 0) is 36.1 Å². The largest absolute Gasteiger partial charge is 0.493 e. The third kappa shape index (κ3) is 4.51. The number of carbonyl (C=O) groups is 1. The number of fused-ring (bicyclic) bond motifs is 1. The number of anilines is 1. The van der Waals surface area contributed by atoms with Crippen LogP contribution in [0, 0.1) is 0 Å². The topological polar surface area (TPSA) is 59.6 Å². The molecule has 0 aromatic heterocycles. The van der Waals surface area contributed by atoms with Crippen molar-refractivity contribution in [3.05, 3.63) is 59.7 Å². The molecule has 2 aromatic carbocycles. The van der Waals surface area contributed by atoms with Crippen molar-refractivity contribution in [1.29, 1.82) is 0 Å². The van der Waals surface area contributed by atoms with E-state index in [0.29, 0.717) is 19.8 Å². The standard InChI is InChI=1S/C20H24N2O3/c1-24-12-10-15-6-2-4-8-18(15)22-20(23)21-14-16-11-13-25-19-9-5-3-7-17(16)19/h2-9,16H,10-14H2,1H3,(H2,21,22,23)/t16-/m0/s1. The highest BCUT2D eigenvalue weighted by atomic mass is 16.5. The Kier molecular flexibility index (Phi) is 5.90. The molecule has 1 atom stereocenters. The predicted molar refractivity (Wildman–Crippen MR) is 98.3 cm³/mol. The number of ether oxygens (including phenoxy) is 2. The maximum absolute atomic E-state index is 12.3. The van der Waals surface area contributed by atoms with E-state index < -0.39 is 0 Å². The number of hydrogen-bond donors (Lipinski definition) is 2. The zero-order valence-electron chi connectivity index (χ0n) is 14.5. The molecule has 3 rings (SSSR count). The van der Waals surface area contributed by atoms with Gasteiger partial charge in [-0.2, -0.15) is 0 Å². The number of benzene rings is 2. The summed E-state index contributed by atoms with van der Waals surface area (Å²) in [5, 5.41) is 5.93. The Labute approximate surface area is 148 Å². The second-order valence-corrected chi connectivity index (χ2v) is 6.11. The predicted octanol–water partition coefficient (Wildman–Crippen LogP) is 3.56. The molecule has 25 heavy (non-hydrogen) atoms. The fourth-order valence-electron chi connectivity index (χ4n) is 3.08. The smallest absolute Gasteiger partial charge is 0.319 e. The van der Waals surface area contributed by atoms with Crippen molar-refractivity contribution in [3.63, 3.8) is 0 Å². The van der Waals surface area contributed by atoms with Crippen LogP contribution in [0.1, 0.15) is 23.5 Å². The average molecular weight is 340 g/mol. The van der Waals surface area contributed by atoms with Crippen LogP contribution in [0.25, 0.3) is 0 Å². The minimum atomic E-state index is -0.186. The molecule has 0 spiro atoms. The molecule has 2 N–H and O–H groups in total. The molecule has 0 bridgehead atoms. The Hall–Kier alpha value is -2.53. The first-order chi connectivity index (χ1) is 12.3. The Morgan fingerprint density at radius 2 is 2.00 bits per heavy atom. The first-order valence-corrected chi connectivity index (χ1v) is 8.61. The summed E-state index contributed by atoms with van der Waals surface area (Å²) < 4.78 is 10.8. The summed E-state index contributed by atoms with van der Waals surface area (Å²) in [6, 6.07) is 15.6. The van der Waals surface area contributed by atoms with Crippen molar-refractivity contribution in [2.24, 2.45) is 0 Å². The molecule has 0 aliphatic carbocycles. The fourth-order valence-corrected chi connectivity index (χ4v) is 3.08. The second-order valence-electron chi connectivity index (χ2n) is 6.11. The molecule has 1 heterocycles. The summed E-state index contributed by atoms with van der Waals surface area (Å²) in [6.45, 7) is 1.90. The van der Waals surface area contributed by atoms with E-state index in [9.17, 15) is 4.79 Å². The van der Waals surface area contributed by atoms with Crippen LogP contribution in [0.4, 0.5) is 10.5 Å². The van der Waals surface area contributed by atoms with Gasteiger partial charge in [0, 0.05) is 25.3 Å². The van der Waals surface area contributed by atoms with Gasteiger partial charge in [-0.15, -0.1) is 0 Å². The van der Waals surface area contributed by atoms with E-state index in [4.69, 9.17) is 9.47 Å². The van der Waals surface area contributed by atoms with E-state index in [1.54, 1.807) is 7.11 Å². The van der Waals surface area contributed by atoms with E-state index >= 15 is 0 Å². The van der Waals surface area contributed by atoms with Gasteiger partial charge in [0.15, 0.2) is 0 Å². The molecule has 5 heteroatoms. The van der Waals surface area contributed by atoms with Crippen LogP contribution < -0.4 is 15.4 Å². The second kappa shape index (κ2) is 8.53. The number of para-hydroxylation sites is 2. The fraction of sp³-hybridized carbons (Fsp3) is 0.350. The van der Waals surface area contributed by atoms with Crippen LogP contribution in [0.5, 0.6) is 5.75 Å². The van der Waals surface area contributed by atoms with Crippen LogP contribution in [-0.4, -0.2) is 32.9 Å². The molecule has 1 aliphatic rings. The van der Waals surface area contributed by atoms with Gasteiger partial charge in [0.1, 0.15) is 5.75 Å². The summed E-state index contributed by atoms with van der Waals surface area (Å²) in [7, 11) is 1.68. The van der Waals surface area contributed by atoms with E-state index in [1.807, 2.05) is 42.5 Å². The maximum Gasteiger partial charge on any atom is 0.319 e. The van der Waals surface area contributed by atoms with E-state index in [-0.39, 0.29) is 11.9 Å². The summed E-state index contributed by atoms with van der Waals surface area (Å²) >= 11 is 0. The van der Waals surface area contributed by atoms with Crippen LogP contribution in [0.3, 0.4) is 0 Å². The van der Waals surface area contributed by atoms with Crippen molar-refractivity contribution in [1.82, 2.24) is 5.32 Å². The Bertz CT molecular complexity index is 718. The molecule has 0 saturated carbocycles. The minimum absolute atomic E-state index is 0.186. The number of hydrogen-bond acceptors (Lipinski definition) is 3. The molecule has 2 aromatic rings. The van der Waals surface area contributed by atoms with Crippen molar-refractivity contribution in [3.8, 4) is 5.75 Å². The molecule has 0 unspecified atom stereocenters. The molecular formula is C20H24N2O3. The summed E-state index contributed by atoms with van der Waals surface area (Å²) in [6.07, 6.45) is 1.67. The van der Waals surface area contributed by atoms with Crippen molar-refractivity contribution in [2.75, 3.05) is 32.2 Å². The molecule has 0 radical (unpaired) electrons. The van der Waals surface area contributed by atoms with Crippen LogP contribution in [0.15, 0.2) is 48.5 Å². The van der Waals surface area contributed by atoms with Gasteiger partial charge in [-0.3, -0.25) is 0 Å². The summed E-state index contributed by atoms with van der Waals surface area (Å²) in [4.78, 5) is 12.3. The van der Waals surface area contributed by atoms with Crippen molar-refractivity contribution in [2.45, 2.75) is 18.8 Å². The van der Waals surface area contributed by atoms with Gasteiger partial charge in [0.05, 0.1) is 13.2 Å². The molecule has 1 aliphatic heterocycles. The lowest BCUT2D eigenvalue weighted by Crippen LogP contribution is -2.34. The number of urea groups is 1. The molecule has 5 nitrogen and oxygen atoms in total. The normalized spacial score (nSPS) is 15.8. The number of nitrogens with one attached hydrogen (secondary N) is 2. The number of amides is 2. The van der Waals surface area contributed by atoms with Crippen LogP contribution in [0.2, 0.25) is 0 Å². The Morgan fingerprint density at radius 3 is 2.88 bits per heavy atom. The molecule has 0 fully saturated rings. The average Bonchev–Trinajstić information content (AvgIpc) is 2.65. The first-order valence-electron chi connectivity index (χ1n) is 8.61. The highest BCUT2D eigenvalue weighted by molar-refractivity contribution is 5.90. The van der Waals surface area contributed by atoms with Gasteiger partial charge in [-0.25, -0.2) is 4.79 Å². The summed E-state index contributed by atoms with van der Waals surface area (Å²) in [5.74, 6) is 1.20. The number of carbonyl (C=O) groups excluding carboxylic acids is 1. The monoisotopic (exact) mass is 340 g/mol.